The van der Waals surface area contributed by atoms with Gasteiger partial charge in [-0.1, -0.05) is 32.0 Å². The van der Waals surface area contributed by atoms with Crippen LogP contribution in [0.3, 0.4) is 0 Å². The summed E-state index contributed by atoms with van der Waals surface area (Å²) in [4.78, 5) is 22.2. The Balaban J connectivity index is 1.53. The number of rotatable bonds is 5. The number of benzene rings is 2. The number of carbonyl (C=O) groups is 1. The van der Waals surface area contributed by atoms with Crippen molar-refractivity contribution in [1.82, 2.24) is 20.2 Å². The molecular weight excluding hydrogens is 434 g/mol. The van der Waals surface area contributed by atoms with Crippen molar-refractivity contribution in [3.8, 4) is 17.3 Å². The first-order valence-electron chi connectivity index (χ1n) is 12.4. The van der Waals surface area contributed by atoms with Crippen LogP contribution in [0.5, 0.6) is 0 Å². The molecule has 1 aliphatic heterocycles. The lowest BCUT2D eigenvalue weighted by Crippen LogP contribution is -2.40. The lowest BCUT2D eigenvalue weighted by molar-refractivity contribution is -0.122. The molecule has 6 nitrogen and oxygen atoms in total. The number of piperidine rings is 1. The maximum atomic E-state index is 11.7. The third-order valence-electron chi connectivity index (χ3n) is 7.30. The molecule has 2 aromatic carbocycles. The summed E-state index contributed by atoms with van der Waals surface area (Å²) in [6.07, 6.45) is 3.86. The van der Waals surface area contributed by atoms with Crippen molar-refractivity contribution in [2.45, 2.75) is 38.5 Å². The lowest BCUT2D eigenvalue weighted by atomic mass is 9.87. The van der Waals surface area contributed by atoms with Crippen molar-refractivity contribution in [3.05, 3.63) is 65.4 Å². The number of amides is 1. The van der Waals surface area contributed by atoms with Crippen LogP contribution in [0.15, 0.2) is 48.7 Å². The van der Waals surface area contributed by atoms with Crippen LogP contribution in [0.25, 0.3) is 33.1 Å². The minimum absolute atomic E-state index is 0.0804. The number of carbonyl (C=O) groups excluding carboxylic acids is 1. The normalized spacial score (nSPS) is 15.1. The van der Waals surface area contributed by atoms with Gasteiger partial charge in [-0.05, 0) is 73.2 Å². The van der Waals surface area contributed by atoms with Crippen LogP contribution >= 0.6 is 0 Å². The van der Waals surface area contributed by atoms with Gasteiger partial charge in [-0.2, -0.15) is 5.26 Å². The largest absolute Gasteiger partial charge is 0.358 e. The molecule has 1 saturated heterocycles. The average Bonchev–Trinajstić information content (AvgIpc) is 3.27. The summed E-state index contributed by atoms with van der Waals surface area (Å²) in [5.41, 5.74) is 7.32. The van der Waals surface area contributed by atoms with Crippen LogP contribution in [0, 0.1) is 11.3 Å². The molecule has 4 aromatic rings. The van der Waals surface area contributed by atoms with Crippen molar-refractivity contribution in [2.75, 3.05) is 26.7 Å². The highest BCUT2D eigenvalue weighted by molar-refractivity contribution is 6.01. The number of fused-ring (bicyclic) bond motifs is 2. The Labute approximate surface area is 206 Å². The van der Waals surface area contributed by atoms with Gasteiger partial charge in [0.15, 0.2) is 0 Å². The molecule has 6 heteroatoms. The number of likely N-dealkylation sites (tertiary alicyclic amines) is 1. The molecule has 5 rings (SSSR count). The number of aromatic amines is 1. The molecule has 0 atom stereocenters. The van der Waals surface area contributed by atoms with Gasteiger partial charge in [0.2, 0.25) is 5.91 Å². The van der Waals surface area contributed by atoms with Gasteiger partial charge in [-0.25, -0.2) is 0 Å². The van der Waals surface area contributed by atoms with Gasteiger partial charge in [-0.3, -0.25) is 14.7 Å². The summed E-state index contributed by atoms with van der Waals surface area (Å²) in [5.74, 6) is 0.904. The number of hydrogen-bond donors (Lipinski definition) is 2. The molecular formula is C29H31N5O. The van der Waals surface area contributed by atoms with Crippen molar-refractivity contribution in [2.24, 2.45) is 0 Å². The third-order valence-corrected chi connectivity index (χ3v) is 7.30. The Morgan fingerprint density at radius 3 is 2.71 bits per heavy atom. The summed E-state index contributed by atoms with van der Waals surface area (Å²) in [6, 6.07) is 17.0. The molecule has 1 amide bonds. The number of H-pyrrole nitrogens is 1. The first-order chi connectivity index (χ1) is 17.0. The average molecular weight is 466 g/mol. The van der Waals surface area contributed by atoms with E-state index in [1.165, 1.54) is 16.5 Å². The zero-order valence-corrected chi connectivity index (χ0v) is 20.6. The smallest absolute Gasteiger partial charge is 0.233 e. The molecule has 0 bridgehead atoms. The summed E-state index contributed by atoms with van der Waals surface area (Å²) in [5, 5.41) is 14.5. The standard InChI is InChI=1S/C29H31N5O/c1-18(2)27-24-15-20(19-10-13-34(14-11-19)17-26(35)31-3)7-9-25(24)33-29(27)23-8-6-21(16-30)28-22(23)5-4-12-32-28/h4-9,12,15,18-19,33H,10-11,13-14,17H2,1-3H3,(H,31,35). The van der Waals surface area contributed by atoms with Gasteiger partial charge in [0, 0.05) is 35.1 Å². The van der Waals surface area contributed by atoms with E-state index in [0.717, 1.165) is 53.6 Å². The summed E-state index contributed by atoms with van der Waals surface area (Å²) < 4.78 is 0. The Morgan fingerprint density at radius 1 is 1.20 bits per heavy atom. The first-order valence-corrected chi connectivity index (χ1v) is 12.4. The van der Waals surface area contributed by atoms with Crippen molar-refractivity contribution < 1.29 is 4.79 Å². The molecule has 1 fully saturated rings. The summed E-state index contributed by atoms with van der Waals surface area (Å²) in [6.45, 7) is 6.83. The number of aromatic nitrogens is 2. The molecule has 0 unspecified atom stereocenters. The third kappa shape index (κ3) is 4.28. The van der Waals surface area contributed by atoms with Crippen LogP contribution < -0.4 is 5.32 Å². The molecule has 2 N–H and O–H groups in total. The maximum absolute atomic E-state index is 11.7. The van der Waals surface area contributed by atoms with Gasteiger partial charge in [0.1, 0.15) is 6.07 Å². The number of nitrogens with one attached hydrogen (secondary N) is 2. The Hall–Kier alpha value is -3.69. The number of nitriles is 1. The second-order valence-electron chi connectivity index (χ2n) is 9.77. The second kappa shape index (κ2) is 9.52. The molecule has 0 spiro atoms. The molecule has 0 saturated carbocycles. The van der Waals surface area contributed by atoms with Crippen LogP contribution in [0.2, 0.25) is 0 Å². The minimum atomic E-state index is 0.0804. The van der Waals surface area contributed by atoms with Crippen LogP contribution in [-0.2, 0) is 4.79 Å². The highest BCUT2D eigenvalue weighted by atomic mass is 16.1. The van der Waals surface area contributed by atoms with E-state index in [9.17, 15) is 10.1 Å². The minimum Gasteiger partial charge on any atom is -0.358 e. The van der Waals surface area contributed by atoms with E-state index >= 15 is 0 Å². The quantitative estimate of drug-likeness (QED) is 0.419. The van der Waals surface area contributed by atoms with Crippen molar-refractivity contribution in [3.63, 3.8) is 0 Å². The number of pyridine rings is 1. The fourth-order valence-electron chi connectivity index (χ4n) is 5.48. The van der Waals surface area contributed by atoms with Crippen molar-refractivity contribution in [1.29, 1.82) is 5.26 Å². The topological polar surface area (TPSA) is 84.8 Å². The van der Waals surface area contributed by atoms with Crippen LogP contribution in [-0.4, -0.2) is 47.5 Å². The van der Waals surface area contributed by atoms with Crippen LogP contribution in [0.1, 0.15) is 55.2 Å². The molecule has 0 radical (unpaired) electrons. The maximum Gasteiger partial charge on any atom is 0.233 e. The Bertz CT molecular complexity index is 1440. The van der Waals surface area contributed by atoms with Gasteiger partial charge in [0.25, 0.3) is 0 Å². The Morgan fingerprint density at radius 2 is 2.00 bits per heavy atom. The molecule has 35 heavy (non-hydrogen) atoms. The van der Waals surface area contributed by atoms with E-state index in [1.54, 1.807) is 13.2 Å². The monoisotopic (exact) mass is 465 g/mol. The predicted molar refractivity (Wildman–Crippen MR) is 140 cm³/mol. The highest BCUT2D eigenvalue weighted by Crippen LogP contribution is 2.40. The van der Waals surface area contributed by atoms with E-state index in [4.69, 9.17) is 0 Å². The van der Waals surface area contributed by atoms with Crippen LogP contribution in [0.4, 0.5) is 0 Å². The van der Waals surface area contributed by atoms with Gasteiger partial charge in [-0.15, -0.1) is 0 Å². The summed E-state index contributed by atoms with van der Waals surface area (Å²) >= 11 is 0. The van der Waals surface area contributed by atoms with E-state index in [2.05, 4.69) is 58.3 Å². The van der Waals surface area contributed by atoms with E-state index < -0.39 is 0 Å². The number of hydrogen-bond acceptors (Lipinski definition) is 4. The summed E-state index contributed by atoms with van der Waals surface area (Å²) in [7, 11) is 1.69. The van der Waals surface area contributed by atoms with E-state index in [-0.39, 0.29) is 5.91 Å². The Kier molecular flexibility index (Phi) is 6.27. The molecule has 2 aromatic heterocycles. The van der Waals surface area contributed by atoms with E-state index in [0.29, 0.717) is 23.9 Å². The van der Waals surface area contributed by atoms with Gasteiger partial charge in [0.05, 0.1) is 23.3 Å². The SMILES string of the molecule is CNC(=O)CN1CCC(c2ccc3[nH]c(-c4ccc(C#N)c5ncccc45)c(C(C)C)c3c2)CC1. The molecule has 0 aliphatic carbocycles. The van der Waals surface area contributed by atoms with Crippen molar-refractivity contribution >= 4 is 27.7 Å². The number of nitrogens with zero attached hydrogens (tertiary/aromatic N) is 3. The van der Waals surface area contributed by atoms with E-state index in [1.807, 2.05) is 24.3 Å². The molecule has 1 aliphatic rings. The first kappa shape index (κ1) is 23.1. The highest BCUT2D eigenvalue weighted by Gasteiger charge is 2.24. The zero-order chi connectivity index (χ0) is 24.5. The fourth-order valence-corrected chi connectivity index (χ4v) is 5.48. The predicted octanol–water partition coefficient (Wildman–Crippen LogP) is 5.30. The second-order valence-corrected chi connectivity index (χ2v) is 9.77. The molecule has 178 valence electrons. The van der Waals surface area contributed by atoms with Gasteiger partial charge >= 0.3 is 0 Å². The fraction of sp³-hybridized carbons (Fsp3) is 0.345. The number of likely N-dealkylation sites (N-methyl/N-ethyl adjacent to an activating group) is 1. The van der Waals surface area contributed by atoms with Gasteiger partial charge < -0.3 is 10.3 Å². The zero-order valence-electron chi connectivity index (χ0n) is 20.6. The lowest BCUT2D eigenvalue weighted by Gasteiger charge is -2.31. The molecule has 3 heterocycles.